The van der Waals surface area contributed by atoms with Crippen LogP contribution < -0.4 is 10.1 Å². The van der Waals surface area contributed by atoms with Crippen molar-refractivity contribution >= 4 is 29.0 Å². The third-order valence-corrected chi connectivity index (χ3v) is 4.04. The van der Waals surface area contributed by atoms with Crippen molar-refractivity contribution < 1.29 is 18.7 Å². The predicted molar refractivity (Wildman–Crippen MR) is 96.6 cm³/mol. The fraction of sp³-hybridized carbons (Fsp3) is 0.0526. The highest BCUT2D eigenvalue weighted by atomic mass is 35.5. The second kappa shape index (κ2) is 7.41. The maximum Gasteiger partial charge on any atom is 0.272 e. The van der Waals surface area contributed by atoms with Crippen molar-refractivity contribution in [2.24, 2.45) is 0 Å². The van der Waals surface area contributed by atoms with Crippen LogP contribution in [0.2, 0.25) is 5.02 Å². The van der Waals surface area contributed by atoms with Gasteiger partial charge in [0.25, 0.3) is 5.91 Å². The van der Waals surface area contributed by atoms with Crippen molar-refractivity contribution in [2.45, 2.75) is 0 Å². The molecule has 3 rings (SSSR count). The number of amides is 1. The molecule has 0 aliphatic rings. The lowest BCUT2D eigenvalue weighted by atomic mass is 10.0. The van der Waals surface area contributed by atoms with Gasteiger partial charge in [-0.1, -0.05) is 29.8 Å². The Morgan fingerprint density at radius 2 is 1.88 bits per heavy atom. The molecule has 7 heteroatoms. The van der Waals surface area contributed by atoms with Crippen molar-refractivity contribution in [3.05, 3.63) is 82.4 Å². The van der Waals surface area contributed by atoms with Crippen LogP contribution in [0.25, 0.3) is 0 Å². The largest absolute Gasteiger partial charge is 0.494 e. The van der Waals surface area contributed by atoms with E-state index in [2.05, 4.69) is 10.3 Å². The highest BCUT2D eigenvalue weighted by Crippen LogP contribution is 2.29. The van der Waals surface area contributed by atoms with Crippen LogP contribution in [-0.2, 0) is 0 Å². The minimum atomic E-state index is -0.846. The number of ether oxygens (including phenoxy) is 1. The Hall–Kier alpha value is -3.12. The number of anilines is 1. The average molecular weight is 373 g/mol. The molecule has 1 amide bonds. The van der Waals surface area contributed by atoms with E-state index >= 15 is 0 Å². The predicted octanol–water partition coefficient (Wildman–Crippen LogP) is 4.30. The first-order valence-electron chi connectivity index (χ1n) is 7.62. The highest BCUT2D eigenvalue weighted by Gasteiger charge is 2.23. The van der Waals surface area contributed by atoms with Gasteiger partial charge in [0.2, 0.25) is 0 Å². The van der Waals surface area contributed by atoms with Gasteiger partial charge in [-0.25, -0.2) is 4.39 Å². The number of halogens is 2. The van der Waals surface area contributed by atoms with Gasteiger partial charge in [-0.05, 0) is 30.3 Å². The fourth-order valence-electron chi connectivity index (χ4n) is 2.42. The number of benzene rings is 2. The molecule has 3 aromatic rings. The normalized spacial score (nSPS) is 10.4. The van der Waals surface area contributed by atoms with Crippen LogP contribution in [-0.4, -0.2) is 23.8 Å². The molecule has 2 N–H and O–H groups in total. The molecule has 5 nitrogen and oxygen atoms in total. The van der Waals surface area contributed by atoms with Crippen molar-refractivity contribution in [3.8, 4) is 5.75 Å². The summed E-state index contributed by atoms with van der Waals surface area (Å²) in [4.78, 5) is 27.6. The summed E-state index contributed by atoms with van der Waals surface area (Å²) >= 11 is 5.97. The molecule has 0 fully saturated rings. The number of nitrogens with one attached hydrogen (secondary N) is 2. The van der Waals surface area contributed by atoms with E-state index in [0.717, 1.165) is 0 Å². The molecule has 0 aliphatic heterocycles. The third-order valence-electron chi connectivity index (χ3n) is 3.72. The van der Waals surface area contributed by atoms with Crippen LogP contribution >= 0.6 is 11.6 Å². The van der Waals surface area contributed by atoms with Gasteiger partial charge in [-0.2, -0.15) is 0 Å². The number of aromatic amines is 1. The Labute approximate surface area is 153 Å². The number of carbonyl (C=O) groups excluding carboxylic acids is 2. The number of methoxy groups -OCH3 is 1. The highest BCUT2D eigenvalue weighted by molar-refractivity contribution is 6.35. The minimum absolute atomic E-state index is 0.0372. The zero-order valence-electron chi connectivity index (χ0n) is 13.7. The van der Waals surface area contributed by atoms with Crippen molar-refractivity contribution in [3.63, 3.8) is 0 Å². The van der Waals surface area contributed by atoms with E-state index in [9.17, 15) is 14.0 Å². The molecule has 26 heavy (non-hydrogen) atoms. The molecule has 0 unspecified atom stereocenters. The number of para-hydroxylation sites is 1. The summed E-state index contributed by atoms with van der Waals surface area (Å²) in [5.41, 5.74) is 0.579. The van der Waals surface area contributed by atoms with Gasteiger partial charge >= 0.3 is 0 Å². The number of hydrogen-bond donors (Lipinski definition) is 2. The molecule has 1 heterocycles. The Morgan fingerprint density at radius 1 is 1.15 bits per heavy atom. The maximum atomic E-state index is 14.4. The molecular formula is C19H14ClFN2O3. The standard InChI is InChI=1S/C19H14ClFN2O3/c1-26-15-8-7-13(20)16(17(15)21)18(24)11-9-14(22-10-11)19(25)23-12-5-3-2-4-6-12/h2-10,22H,1H3,(H,23,25). The molecule has 0 saturated carbocycles. The quantitative estimate of drug-likeness (QED) is 0.656. The summed E-state index contributed by atoms with van der Waals surface area (Å²) < 4.78 is 19.3. The molecule has 0 bridgehead atoms. The molecule has 0 spiro atoms. The van der Waals surface area contributed by atoms with Gasteiger partial charge in [0.05, 0.1) is 17.7 Å². The van der Waals surface area contributed by atoms with E-state index in [4.69, 9.17) is 16.3 Å². The van der Waals surface area contributed by atoms with Crippen LogP contribution in [0, 0.1) is 5.82 Å². The monoisotopic (exact) mass is 372 g/mol. The van der Waals surface area contributed by atoms with Crippen LogP contribution in [0.3, 0.4) is 0 Å². The number of H-pyrrole nitrogens is 1. The van der Waals surface area contributed by atoms with E-state index in [1.54, 1.807) is 24.3 Å². The first-order valence-corrected chi connectivity index (χ1v) is 8.00. The molecule has 0 atom stereocenters. The lowest BCUT2D eigenvalue weighted by molar-refractivity contribution is 0.102. The van der Waals surface area contributed by atoms with Gasteiger partial charge < -0.3 is 15.0 Å². The number of rotatable bonds is 5. The van der Waals surface area contributed by atoms with E-state index in [-0.39, 0.29) is 27.6 Å². The number of carbonyl (C=O) groups is 2. The average Bonchev–Trinajstić information content (AvgIpc) is 3.13. The maximum absolute atomic E-state index is 14.4. The van der Waals surface area contributed by atoms with E-state index in [1.807, 2.05) is 6.07 Å². The smallest absolute Gasteiger partial charge is 0.272 e. The fourth-order valence-corrected chi connectivity index (χ4v) is 2.65. The van der Waals surface area contributed by atoms with Crippen molar-refractivity contribution in [1.29, 1.82) is 0 Å². The van der Waals surface area contributed by atoms with Crippen LogP contribution in [0.4, 0.5) is 10.1 Å². The van der Waals surface area contributed by atoms with Crippen molar-refractivity contribution in [2.75, 3.05) is 12.4 Å². The lowest BCUT2D eigenvalue weighted by Gasteiger charge is -2.08. The first-order chi connectivity index (χ1) is 12.5. The van der Waals surface area contributed by atoms with Gasteiger partial charge in [0, 0.05) is 17.4 Å². The number of ketones is 1. The molecule has 0 saturated heterocycles. The first kappa shape index (κ1) is 17.7. The Morgan fingerprint density at radius 3 is 2.58 bits per heavy atom. The summed E-state index contributed by atoms with van der Waals surface area (Å²) in [5.74, 6) is -2.01. The summed E-state index contributed by atoms with van der Waals surface area (Å²) in [6.45, 7) is 0. The topological polar surface area (TPSA) is 71.2 Å². The van der Waals surface area contributed by atoms with Gasteiger partial charge in [-0.3, -0.25) is 9.59 Å². The van der Waals surface area contributed by atoms with Crippen LogP contribution in [0.1, 0.15) is 26.4 Å². The zero-order valence-corrected chi connectivity index (χ0v) is 14.4. The van der Waals surface area contributed by atoms with E-state index in [1.165, 1.54) is 31.5 Å². The minimum Gasteiger partial charge on any atom is -0.494 e. The van der Waals surface area contributed by atoms with E-state index in [0.29, 0.717) is 5.69 Å². The molecule has 0 aliphatic carbocycles. The molecule has 2 aromatic carbocycles. The van der Waals surface area contributed by atoms with Gasteiger partial charge in [-0.15, -0.1) is 0 Å². The Balaban J connectivity index is 1.86. The second-order valence-electron chi connectivity index (χ2n) is 5.39. The van der Waals surface area contributed by atoms with Gasteiger partial charge in [0.15, 0.2) is 17.3 Å². The van der Waals surface area contributed by atoms with Crippen LogP contribution in [0.5, 0.6) is 5.75 Å². The third kappa shape index (κ3) is 3.45. The summed E-state index contributed by atoms with van der Waals surface area (Å²) in [5, 5.41) is 2.65. The molecule has 0 radical (unpaired) electrons. The summed E-state index contributed by atoms with van der Waals surface area (Å²) in [6, 6.07) is 12.9. The number of aromatic nitrogens is 1. The molecular weight excluding hydrogens is 359 g/mol. The Kier molecular flexibility index (Phi) is 5.04. The van der Waals surface area contributed by atoms with Gasteiger partial charge in [0.1, 0.15) is 5.69 Å². The second-order valence-corrected chi connectivity index (χ2v) is 5.80. The van der Waals surface area contributed by atoms with Crippen molar-refractivity contribution in [1.82, 2.24) is 4.98 Å². The SMILES string of the molecule is COc1ccc(Cl)c(C(=O)c2c[nH]c(C(=O)Nc3ccccc3)c2)c1F. The summed E-state index contributed by atoms with van der Waals surface area (Å²) in [6.07, 6.45) is 1.33. The Bertz CT molecular complexity index is 970. The summed E-state index contributed by atoms with van der Waals surface area (Å²) in [7, 11) is 1.29. The lowest BCUT2D eigenvalue weighted by Crippen LogP contribution is -2.12. The van der Waals surface area contributed by atoms with Crippen LogP contribution in [0.15, 0.2) is 54.7 Å². The molecule has 132 valence electrons. The molecule has 1 aromatic heterocycles. The van der Waals surface area contributed by atoms with E-state index < -0.39 is 17.5 Å². The zero-order chi connectivity index (χ0) is 18.7. The number of hydrogen-bond acceptors (Lipinski definition) is 3.